The fraction of sp³-hybridized carbons (Fsp3) is 0.500. The van der Waals surface area contributed by atoms with Gasteiger partial charge in [-0.25, -0.2) is 0 Å². The van der Waals surface area contributed by atoms with E-state index in [0.29, 0.717) is 0 Å². The van der Waals surface area contributed by atoms with Crippen molar-refractivity contribution in [3.05, 3.63) is 33.9 Å². The fourth-order valence-corrected chi connectivity index (χ4v) is 1.98. The lowest BCUT2D eigenvalue weighted by Gasteiger charge is -2.24. The maximum absolute atomic E-state index is 10.6. The normalized spacial score (nSPS) is 19.9. The molecule has 1 heterocycles. The fourth-order valence-electron chi connectivity index (χ4n) is 1.98. The molecule has 1 aliphatic rings. The van der Waals surface area contributed by atoms with Crippen LogP contribution in [0.15, 0.2) is 18.2 Å². The molecule has 0 aliphatic carbocycles. The van der Waals surface area contributed by atoms with Crippen molar-refractivity contribution >= 4 is 5.69 Å². The lowest BCUT2D eigenvalue weighted by Crippen LogP contribution is -2.37. The van der Waals surface area contributed by atoms with Crippen LogP contribution in [-0.4, -0.2) is 24.1 Å². The Labute approximate surface area is 99.9 Å². The van der Waals surface area contributed by atoms with Gasteiger partial charge in [0.15, 0.2) is 0 Å². The van der Waals surface area contributed by atoms with Crippen LogP contribution in [0.4, 0.5) is 5.69 Å². The van der Waals surface area contributed by atoms with Crippen LogP contribution in [0.2, 0.25) is 0 Å². The SMILES string of the molecule is Cc1cc([N+](=O)[O-])ccc1O[C@H]1CCCNC1. The molecule has 5 nitrogen and oxygen atoms in total. The van der Waals surface area contributed by atoms with Crippen molar-refractivity contribution in [1.29, 1.82) is 0 Å². The first kappa shape index (κ1) is 11.9. The van der Waals surface area contributed by atoms with Gasteiger partial charge in [-0.2, -0.15) is 0 Å². The van der Waals surface area contributed by atoms with Gasteiger partial charge in [0, 0.05) is 18.7 Å². The maximum Gasteiger partial charge on any atom is 0.269 e. The van der Waals surface area contributed by atoms with Crippen LogP contribution in [0.25, 0.3) is 0 Å². The first-order chi connectivity index (χ1) is 8.16. The van der Waals surface area contributed by atoms with Gasteiger partial charge in [-0.05, 0) is 37.9 Å². The van der Waals surface area contributed by atoms with E-state index < -0.39 is 0 Å². The van der Waals surface area contributed by atoms with E-state index in [1.165, 1.54) is 6.07 Å². The molecule has 92 valence electrons. The zero-order valence-electron chi connectivity index (χ0n) is 9.81. The van der Waals surface area contributed by atoms with E-state index in [9.17, 15) is 10.1 Å². The second-order valence-corrected chi connectivity index (χ2v) is 4.29. The van der Waals surface area contributed by atoms with Crippen molar-refractivity contribution in [2.24, 2.45) is 0 Å². The predicted molar refractivity (Wildman–Crippen MR) is 64.4 cm³/mol. The number of nitrogens with zero attached hydrogens (tertiary/aromatic N) is 1. The van der Waals surface area contributed by atoms with E-state index in [1.807, 2.05) is 6.92 Å². The van der Waals surface area contributed by atoms with Crippen LogP contribution >= 0.6 is 0 Å². The van der Waals surface area contributed by atoms with Gasteiger partial charge in [0.2, 0.25) is 0 Å². The molecule has 5 heteroatoms. The summed E-state index contributed by atoms with van der Waals surface area (Å²) >= 11 is 0. The van der Waals surface area contributed by atoms with Crippen LogP contribution in [0.1, 0.15) is 18.4 Å². The Morgan fingerprint density at radius 1 is 1.53 bits per heavy atom. The molecule has 0 radical (unpaired) electrons. The van der Waals surface area contributed by atoms with E-state index >= 15 is 0 Å². The number of aryl methyl sites for hydroxylation is 1. The second-order valence-electron chi connectivity index (χ2n) is 4.29. The largest absolute Gasteiger partial charge is 0.489 e. The summed E-state index contributed by atoms with van der Waals surface area (Å²) < 4.78 is 5.84. The number of piperidine rings is 1. The molecule has 1 N–H and O–H groups in total. The lowest BCUT2D eigenvalue weighted by atomic mass is 10.1. The summed E-state index contributed by atoms with van der Waals surface area (Å²) in [7, 11) is 0. The zero-order valence-corrected chi connectivity index (χ0v) is 9.81. The van der Waals surface area contributed by atoms with Gasteiger partial charge in [-0.15, -0.1) is 0 Å². The van der Waals surface area contributed by atoms with Gasteiger partial charge in [-0.3, -0.25) is 10.1 Å². The lowest BCUT2D eigenvalue weighted by molar-refractivity contribution is -0.384. The van der Waals surface area contributed by atoms with Crippen molar-refractivity contribution in [2.75, 3.05) is 13.1 Å². The number of nitro groups is 1. The minimum atomic E-state index is -0.390. The number of nitrogens with one attached hydrogen (secondary N) is 1. The van der Waals surface area contributed by atoms with Crippen LogP contribution in [0, 0.1) is 17.0 Å². The topological polar surface area (TPSA) is 64.4 Å². The Morgan fingerprint density at radius 3 is 2.94 bits per heavy atom. The number of hydrogen-bond donors (Lipinski definition) is 1. The molecule has 0 aromatic heterocycles. The van der Waals surface area contributed by atoms with Crippen LogP contribution in [0.3, 0.4) is 0 Å². The molecule has 0 amide bonds. The summed E-state index contributed by atoms with van der Waals surface area (Å²) in [6, 6.07) is 4.71. The molecule has 1 aromatic rings. The first-order valence-electron chi connectivity index (χ1n) is 5.79. The highest BCUT2D eigenvalue weighted by molar-refractivity contribution is 5.43. The first-order valence-corrected chi connectivity index (χ1v) is 5.79. The number of ether oxygens (including phenoxy) is 1. The third kappa shape index (κ3) is 2.94. The Balaban J connectivity index is 2.08. The average Bonchev–Trinajstić information content (AvgIpc) is 2.33. The summed E-state index contributed by atoms with van der Waals surface area (Å²) in [6.07, 6.45) is 2.31. The maximum atomic E-state index is 10.6. The number of rotatable bonds is 3. The summed E-state index contributed by atoms with van der Waals surface area (Å²) in [5.74, 6) is 0.740. The van der Waals surface area contributed by atoms with Gasteiger partial charge < -0.3 is 10.1 Å². The summed E-state index contributed by atoms with van der Waals surface area (Å²) in [4.78, 5) is 10.2. The van der Waals surface area contributed by atoms with Gasteiger partial charge in [0.1, 0.15) is 11.9 Å². The predicted octanol–water partition coefficient (Wildman–Crippen LogP) is 2.03. The Hall–Kier alpha value is -1.62. The Morgan fingerprint density at radius 2 is 2.35 bits per heavy atom. The minimum Gasteiger partial charge on any atom is -0.489 e. The molecule has 0 saturated carbocycles. The van der Waals surface area contributed by atoms with Crippen molar-refractivity contribution in [3.63, 3.8) is 0 Å². The Kier molecular flexibility index (Phi) is 3.58. The van der Waals surface area contributed by atoms with Gasteiger partial charge in [0.25, 0.3) is 5.69 Å². The van der Waals surface area contributed by atoms with E-state index in [-0.39, 0.29) is 16.7 Å². The van der Waals surface area contributed by atoms with Crippen molar-refractivity contribution in [1.82, 2.24) is 5.32 Å². The molecule has 1 aromatic carbocycles. The highest BCUT2D eigenvalue weighted by Gasteiger charge is 2.16. The molecule has 17 heavy (non-hydrogen) atoms. The number of non-ortho nitro benzene ring substituents is 1. The number of benzene rings is 1. The molecule has 1 atom stereocenters. The van der Waals surface area contributed by atoms with E-state index in [0.717, 1.165) is 37.2 Å². The minimum absolute atomic E-state index is 0.108. The van der Waals surface area contributed by atoms with E-state index in [1.54, 1.807) is 12.1 Å². The molecule has 0 spiro atoms. The molecule has 2 rings (SSSR count). The molecule has 1 saturated heterocycles. The third-order valence-electron chi connectivity index (χ3n) is 2.91. The molecule has 0 bridgehead atoms. The summed E-state index contributed by atoms with van der Waals surface area (Å²) in [5, 5.41) is 13.9. The molecular weight excluding hydrogens is 220 g/mol. The van der Waals surface area contributed by atoms with Gasteiger partial charge in [0.05, 0.1) is 4.92 Å². The summed E-state index contributed by atoms with van der Waals surface area (Å²) in [5.41, 5.74) is 0.918. The Bertz CT molecular complexity index is 414. The summed E-state index contributed by atoms with van der Waals surface area (Å²) in [6.45, 7) is 3.72. The highest BCUT2D eigenvalue weighted by atomic mass is 16.6. The molecule has 1 fully saturated rings. The van der Waals surface area contributed by atoms with Crippen molar-refractivity contribution in [2.45, 2.75) is 25.9 Å². The van der Waals surface area contributed by atoms with Gasteiger partial charge in [-0.1, -0.05) is 0 Å². The van der Waals surface area contributed by atoms with Crippen LogP contribution in [-0.2, 0) is 0 Å². The van der Waals surface area contributed by atoms with Crippen molar-refractivity contribution < 1.29 is 9.66 Å². The van der Waals surface area contributed by atoms with Crippen LogP contribution in [0.5, 0.6) is 5.75 Å². The number of hydrogen-bond acceptors (Lipinski definition) is 4. The average molecular weight is 236 g/mol. The van der Waals surface area contributed by atoms with E-state index in [2.05, 4.69) is 5.32 Å². The molecular formula is C12H16N2O3. The quantitative estimate of drug-likeness (QED) is 0.644. The third-order valence-corrected chi connectivity index (χ3v) is 2.91. The number of nitro benzene ring substituents is 1. The highest BCUT2D eigenvalue weighted by Crippen LogP contribution is 2.25. The smallest absolute Gasteiger partial charge is 0.269 e. The monoisotopic (exact) mass is 236 g/mol. The zero-order chi connectivity index (χ0) is 12.3. The standard InChI is InChI=1S/C12H16N2O3/c1-9-7-10(14(15)16)4-5-12(9)17-11-3-2-6-13-8-11/h4-5,7,11,13H,2-3,6,8H2,1H3/t11-/m0/s1. The van der Waals surface area contributed by atoms with Crippen LogP contribution < -0.4 is 10.1 Å². The second kappa shape index (κ2) is 5.14. The molecule has 1 aliphatic heterocycles. The van der Waals surface area contributed by atoms with E-state index in [4.69, 9.17) is 4.74 Å². The molecule has 0 unspecified atom stereocenters. The van der Waals surface area contributed by atoms with Crippen molar-refractivity contribution in [3.8, 4) is 5.75 Å². The van der Waals surface area contributed by atoms with Gasteiger partial charge >= 0.3 is 0 Å².